The van der Waals surface area contributed by atoms with Gasteiger partial charge in [0.2, 0.25) is 11.7 Å². The molecule has 0 saturated carbocycles. The van der Waals surface area contributed by atoms with Crippen molar-refractivity contribution in [2.75, 3.05) is 0 Å². The van der Waals surface area contributed by atoms with Crippen LogP contribution in [0.15, 0.2) is 17.4 Å². The second-order valence-corrected chi connectivity index (χ2v) is 1.90. The largest absolute Gasteiger partial charge is 0.375 e. The fraction of sp³-hybridized carbons (Fsp3) is 0.400. The third-order valence-electron chi connectivity index (χ3n) is 1.17. The zero-order chi connectivity index (χ0) is 8.86. The molecular formula is C5F6. The predicted octanol–water partition coefficient (Wildman–Crippen LogP) is 2.58. The third kappa shape index (κ3) is 0.790. The molecule has 0 N–H and O–H groups in total. The van der Waals surface area contributed by atoms with Crippen LogP contribution >= 0.6 is 0 Å². The molecule has 0 heterocycles. The van der Waals surface area contributed by atoms with Crippen LogP contribution in [0.4, 0.5) is 26.3 Å². The number of alkyl halides is 4. The molecule has 0 aromatic carbocycles. The van der Waals surface area contributed by atoms with Gasteiger partial charge in [0.1, 0.15) is 0 Å². The SMILES string of the molecule is FC1=C=C(F)C(F)(F)C1(F)F. The highest BCUT2D eigenvalue weighted by atomic mass is 19.3. The Balaban J connectivity index is 3.20. The van der Waals surface area contributed by atoms with Gasteiger partial charge in [-0.05, 0) is 5.73 Å². The molecule has 0 spiro atoms. The first-order valence-electron chi connectivity index (χ1n) is 2.38. The third-order valence-corrected chi connectivity index (χ3v) is 1.17. The summed E-state index contributed by atoms with van der Waals surface area (Å²) in [6.45, 7) is 0. The molecule has 0 bridgehead atoms. The second kappa shape index (κ2) is 1.82. The van der Waals surface area contributed by atoms with Crippen LogP contribution in [0, 0.1) is 0 Å². The van der Waals surface area contributed by atoms with Gasteiger partial charge in [0.05, 0.1) is 0 Å². The van der Waals surface area contributed by atoms with E-state index >= 15 is 0 Å². The molecular weight excluding hydrogens is 174 g/mol. The van der Waals surface area contributed by atoms with Crippen LogP contribution < -0.4 is 0 Å². The highest BCUT2D eigenvalue weighted by molar-refractivity contribution is 5.27. The number of hydrogen-bond acceptors (Lipinski definition) is 0. The van der Waals surface area contributed by atoms with E-state index in [0.717, 1.165) is 0 Å². The Morgan fingerprint density at radius 3 is 1.18 bits per heavy atom. The predicted molar refractivity (Wildman–Crippen MR) is 22.6 cm³/mol. The minimum Gasteiger partial charge on any atom is -0.196 e. The average Bonchev–Trinajstić information content (AvgIpc) is 1.95. The highest BCUT2D eigenvalue weighted by Gasteiger charge is 2.66. The zero-order valence-corrected chi connectivity index (χ0v) is 4.77. The average molecular weight is 174 g/mol. The van der Waals surface area contributed by atoms with E-state index in [1.165, 1.54) is 0 Å². The van der Waals surface area contributed by atoms with Crippen LogP contribution in [0.5, 0.6) is 0 Å². The Labute approximate surface area is 56.8 Å². The van der Waals surface area contributed by atoms with Crippen molar-refractivity contribution >= 4 is 0 Å². The first-order chi connectivity index (χ1) is 4.80. The summed E-state index contributed by atoms with van der Waals surface area (Å²) in [6.07, 6.45) is 0. The van der Waals surface area contributed by atoms with Gasteiger partial charge in [0.15, 0.2) is 0 Å². The van der Waals surface area contributed by atoms with Gasteiger partial charge >= 0.3 is 11.8 Å². The summed E-state index contributed by atoms with van der Waals surface area (Å²) in [6, 6.07) is 0. The van der Waals surface area contributed by atoms with E-state index in [2.05, 4.69) is 0 Å². The number of halogens is 6. The summed E-state index contributed by atoms with van der Waals surface area (Å²) in [4.78, 5) is 0. The molecule has 1 rings (SSSR count). The van der Waals surface area contributed by atoms with Crippen LogP contribution in [-0.2, 0) is 0 Å². The Morgan fingerprint density at radius 2 is 1.09 bits per heavy atom. The summed E-state index contributed by atoms with van der Waals surface area (Å²) in [5.41, 5.74) is 0.597. The highest BCUT2D eigenvalue weighted by Crippen LogP contribution is 2.48. The van der Waals surface area contributed by atoms with Gasteiger partial charge in [-0.2, -0.15) is 26.3 Å². The second-order valence-electron chi connectivity index (χ2n) is 1.90. The summed E-state index contributed by atoms with van der Waals surface area (Å²) in [7, 11) is 0. The fourth-order valence-corrected chi connectivity index (χ4v) is 0.529. The van der Waals surface area contributed by atoms with Gasteiger partial charge in [0.25, 0.3) is 0 Å². The van der Waals surface area contributed by atoms with Crippen molar-refractivity contribution in [3.05, 3.63) is 17.4 Å². The van der Waals surface area contributed by atoms with Crippen molar-refractivity contribution in [2.45, 2.75) is 11.8 Å². The topological polar surface area (TPSA) is 0 Å². The normalized spacial score (nSPS) is 26.4. The molecule has 0 aromatic heterocycles. The minimum absolute atomic E-state index is 0.597. The van der Waals surface area contributed by atoms with Crippen LogP contribution in [-0.4, -0.2) is 11.8 Å². The molecule has 1 aliphatic rings. The quantitative estimate of drug-likeness (QED) is 0.391. The molecule has 0 fully saturated rings. The molecule has 0 unspecified atom stereocenters. The Kier molecular flexibility index (Phi) is 1.36. The molecule has 0 radical (unpaired) electrons. The van der Waals surface area contributed by atoms with Gasteiger partial charge in [-0.25, -0.2) is 0 Å². The summed E-state index contributed by atoms with van der Waals surface area (Å²) in [5.74, 6) is -15.3. The molecule has 0 aliphatic heterocycles. The van der Waals surface area contributed by atoms with Crippen molar-refractivity contribution in [1.82, 2.24) is 0 Å². The first kappa shape index (κ1) is 8.20. The molecule has 0 amide bonds. The molecule has 62 valence electrons. The molecule has 1 aliphatic carbocycles. The van der Waals surface area contributed by atoms with E-state index in [4.69, 9.17) is 0 Å². The van der Waals surface area contributed by atoms with Gasteiger partial charge in [-0.3, -0.25) is 0 Å². The molecule has 0 atom stereocenters. The molecule has 6 heteroatoms. The van der Waals surface area contributed by atoms with Crippen molar-refractivity contribution in [3.8, 4) is 0 Å². The maximum absolute atomic E-state index is 11.9. The van der Waals surface area contributed by atoms with E-state index in [9.17, 15) is 26.3 Å². The smallest absolute Gasteiger partial charge is 0.196 e. The minimum atomic E-state index is -5.09. The lowest BCUT2D eigenvalue weighted by atomic mass is 10.2. The van der Waals surface area contributed by atoms with E-state index in [-0.39, 0.29) is 0 Å². The maximum atomic E-state index is 11.9. The fourth-order valence-electron chi connectivity index (χ4n) is 0.529. The van der Waals surface area contributed by atoms with E-state index in [0.29, 0.717) is 5.73 Å². The van der Waals surface area contributed by atoms with Gasteiger partial charge < -0.3 is 0 Å². The lowest BCUT2D eigenvalue weighted by molar-refractivity contribution is -0.173. The molecule has 0 nitrogen and oxygen atoms in total. The monoisotopic (exact) mass is 174 g/mol. The van der Waals surface area contributed by atoms with Crippen LogP contribution in [0.1, 0.15) is 0 Å². The van der Waals surface area contributed by atoms with Gasteiger partial charge in [-0.1, -0.05) is 0 Å². The summed E-state index contributed by atoms with van der Waals surface area (Å²) in [5, 5.41) is 0. The Hall–Kier alpha value is -0.900. The van der Waals surface area contributed by atoms with Crippen LogP contribution in [0.2, 0.25) is 0 Å². The van der Waals surface area contributed by atoms with Crippen molar-refractivity contribution in [2.24, 2.45) is 0 Å². The standard InChI is InChI=1S/C5F6/c6-2-1-3(7)5(10,11)4(2,8)9. The number of rotatable bonds is 0. The van der Waals surface area contributed by atoms with Crippen LogP contribution in [0.3, 0.4) is 0 Å². The number of hydrogen-bond donors (Lipinski definition) is 0. The maximum Gasteiger partial charge on any atom is 0.375 e. The van der Waals surface area contributed by atoms with Gasteiger partial charge in [0, 0.05) is 0 Å². The molecule has 0 saturated heterocycles. The Bertz CT molecular complexity index is 232. The zero-order valence-electron chi connectivity index (χ0n) is 4.77. The first-order valence-corrected chi connectivity index (χ1v) is 2.38. The van der Waals surface area contributed by atoms with Crippen molar-refractivity contribution < 1.29 is 26.3 Å². The lowest BCUT2D eigenvalue weighted by Crippen LogP contribution is -2.38. The summed E-state index contributed by atoms with van der Waals surface area (Å²) >= 11 is 0. The molecule has 11 heavy (non-hydrogen) atoms. The van der Waals surface area contributed by atoms with Gasteiger partial charge in [-0.15, -0.1) is 0 Å². The van der Waals surface area contributed by atoms with Crippen molar-refractivity contribution in [1.29, 1.82) is 0 Å². The summed E-state index contributed by atoms with van der Waals surface area (Å²) < 4.78 is 71.0. The van der Waals surface area contributed by atoms with Crippen molar-refractivity contribution in [3.63, 3.8) is 0 Å². The lowest BCUT2D eigenvalue weighted by Gasteiger charge is -2.17. The Morgan fingerprint density at radius 1 is 0.818 bits per heavy atom. The molecule has 0 aromatic rings. The van der Waals surface area contributed by atoms with E-state index < -0.39 is 23.5 Å². The van der Waals surface area contributed by atoms with E-state index in [1.54, 1.807) is 0 Å². The number of allylic oxidation sites excluding steroid dienone is 1. The van der Waals surface area contributed by atoms with E-state index in [1.807, 2.05) is 0 Å². The van der Waals surface area contributed by atoms with Crippen LogP contribution in [0.25, 0.3) is 0 Å².